The van der Waals surface area contributed by atoms with Gasteiger partial charge in [0.25, 0.3) is 0 Å². The molecule has 1 aliphatic rings. The molecule has 1 N–H and O–H groups in total. The highest BCUT2D eigenvalue weighted by atomic mass is 19.1. The number of ether oxygens (including phenoxy) is 1. The van der Waals surface area contributed by atoms with Gasteiger partial charge in [-0.3, -0.25) is 0 Å². The van der Waals surface area contributed by atoms with Crippen LogP contribution in [0.25, 0.3) is 0 Å². The Kier molecular flexibility index (Phi) is 4.46. The molecule has 0 bridgehead atoms. The van der Waals surface area contributed by atoms with E-state index in [-0.39, 0.29) is 11.4 Å². The van der Waals surface area contributed by atoms with E-state index in [4.69, 9.17) is 4.74 Å². The molecule has 1 aromatic rings. The number of nitrogens with one attached hydrogen (secondary N) is 1. The summed E-state index contributed by atoms with van der Waals surface area (Å²) in [4.78, 5) is 0. The van der Waals surface area contributed by atoms with Crippen molar-refractivity contribution in [1.82, 2.24) is 5.32 Å². The average molecular weight is 265 g/mol. The standard InChI is InChI=1S/C16H24FNO/c1-12(2)10-16(7-4-8-18-16)11-13-5-6-15(19-3)14(17)9-13/h5-6,9,12,18H,4,7-8,10-11H2,1-3H3. The highest BCUT2D eigenvalue weighted by molar-refractivity contribution is 5.30. The summed E-state index contributed by atoms with van der Waals surface area (Å²) in [5, 5.41) is 3.64. The molecule has 1 saturated heterocycles. The monoisotopic (exact) mass is 265 g/mol. The SMILES string of the molecule is COc1ccc(CC2(CC(C)C)CCCN2)cc1F. The molecule has 19 heavy (non-hydrogen) atoms. The number of halogens is 1. The van der Waals surface area contributed by atoms with Gasteiger partial charge in [-0.15, -0.1) is 0 Å². The van der Waals surface area contributed by atoms with Crippen molar-refractivity contribution in [3.05, 3.63) is 29.6 Å². The van der Waals surface area contributed by atoms with Gasteiger partial charge in [-0.1, -0.05) is 19.9 Å². The van der Waals surface area contributed by atoms with E-state index in [2.05, 4.69) is 19.2 Å². The number of hydrogen-bond acceptors (Lipinski definition) is 2. The Labute approximate surface area is 115 Å². The smallest absolute Gasteiger partial charge is 0.165 e. The van der Waals surface area contributed by atoms with Crippen LogP contribution in [0.2, 0.25) is 0 Å². The Balaban J connectivity index is 2.15. The van der Waals surface area contributed by atoms with E-state index in [9.17, 15) is 4.39 Å². The maximum absolute atomic E-state index is 13.8. The highest BCUT2D eigenvalue weighted by Crippen LogP contribution is 2.31. The first-order valence-electron chi connectivity index (χ1n) is 7.12. The molecule has 0 radical (unpaired) electrons. The van der Waals surface area contributed by atoms with Crippen LogP contribution in [0.5, 0.6) is 5.75 Å². The summed E-state index contributed by atoms with van der Waals surface area (Å²) in [7, 11) is 1.50. The first-order chi connectivity index (χ1) is 9.04. The largest absolute Gasteiger partial charge is 0.494 e. The molecule has 0 spiro atoms. The van der Waals surface area contributed by atoms with Gasteiger partial charge in [0.1, 0.15) is 0 Å². The van der Waals surface area contributed by atoms with Gasteiger partial charge in [0.15, 0.2) is 11.6 Å². The first-order valence-corrected chi connectivity index (χ1v) is 7.12. The summed E-state index contributed by atoms with van der Waals surface area (Å²) in [6.07, 6.45) is 4.43. The van der Waals surface area contributed by atoms with Crippen LogP contribution in [0.1, 0.15) is 38.7 Å². The lowest BCUT2D eigenvalue weighted by molar-refractivity contribution is 0.301. The summed E-state index contributed by atoms with van der Waals surface area (Å²) in [6, 6.07) is 5.31. The maximum atomic E-state index is 13.8. The normalized spacial score (nSPS) is 23.0. The van der Waals surface area contributed by atoms with Crippen LogP contribution >= 0.6 is 0 Å². The second-order valence-corrected chi connectivity index (χ2v) is 6.05. The molecule has 1 aliphatic heterocycles. The summed E-state index contributed by atoms with van der Waals surface area (Å²) in [5.74, 6) is 0.701. The summed E-state index contributed by atoms with van der Waals surface area (Å²) < 4.78 is 18.7. The van der Waals surface area contributed by atoms with Crippen molar-refractivity contribution in [1.29, 1.82) is 0 Å². The lowest BCUT2D eigenvalue weighted by Gasteiger charge is -2.32. The van der Waals surface area contributed by atoms with Crippen molar-refractivity contribution in [3.8, 4) is 5.75 Å². The fraction of sp³-hybridized carbons (Fsp3) is 0.625. The number of methoxy groups -OCH3 is 1. The number of benzene rings is 1. The van der Waals surface area contributed by atoms with Crippen molar-refractivity contribution in [2.45, 2.75) is 45.1 Å². The van der Waals surface area contributed by atoms with Crippen LogP contribution in [0.15, 0.2) is 18.2 Å². The topological polar surface area (TPSA) is 21.3 Å². The predicted octanol–water partition coefficient (Wildman–Crippen LogP) is 3.55. The third-order valence-electron chi connectivity index (χ3n) is 3.89. The van der Waals surface area contributed by atoms with Gasteiger partial charge in [-0.2, -0.15) is 0 Å². The van der Waals surface area contributed by atoms with Gasteiger partial charge in [0.2, 0.25) is 0 Å². The quantitative estimate of drug-likeness (QED) is 0.879. The van der Waals surface area contributed by atoms with Gasteiger partial charge < -0.3 is 10.1 Å². The van der Waals surface area contributed by atoms with Crippen LogP contribution in [0.3, 0.4) is 0 Å². The van der Waals surface area contributed by atoms with E-state index in [1.165, 1.54) is 20.0 Å². The van der Waals surface area contributed by atoms with Crippen LogP contribution in [0.4, 0.5) is 4.39 Å². The number of rotatable bonds is 5. The molecule has 1 heterocycles. The van der Waals surface area contributed by atoms with Crippen LogP contribution in [-0.2, 0) is 6.42 Å². The van der Waals surface area contributed by atoms with Gasteiger partial charge in [0.05, 0.1) is 7.11 Å². The lowest BCUT2D eigenvalue weighted by atomic mass is 9.82. The zero-order chi connectivity index (χ0) is 13.9. The molecule has 2 nitrogen and oxygen atoms in total. The van der Waals surface area contributed by atoms with Gasteiger partial charge in [0, 0.05) is 5.54 Å². The molecule has 1 unspecified atom stereocenters. The van der Waals surface area contributed by atoms with Gasteiger partial charge >= 0.3 is 0 Å². The lowest BCUT2D eigenvalue weighted by Crippen LogP contribution is -2.43. The Morgan fingerprint density at radius 3 is 2.74 bits per heavy atom. The molecule has 0 amide bonds. The Bertz CT molecular complexity index is 425. The van der Waals surface area contributed by atoms with Crippen molar-refractivity contribution < 1.29 is 9.13 Å². The molecule has 0 saturated carbocycles. The average Bonchev–Trinajstić information content (AvgIpc) is 2.76. The molecule has 1 atom stereocenters. The minimum atomic E-state index is -0.266. The second-order valence-electron chi connectivity index (χ2n) is 6.05. The van der Waals surface area contributed by atoms with Crippen molar-refractivity contribution in [3.63, 3.8) is 0 Å². The second kappa shape index (κ2) is 5.91. The van der Waals surface area contributed by atoms with E-state index in [1.54, 1.807) is 12.1 Å². The predicted molar refractivity (Wildman–Crippen MR) is 76.1 cm³/mol. The molecule has 1 fully saturated rings. The summed E-state index contributed by atoms with van der Waals surface area (Å²) in [6.45, 7) is 5.57. The minimum absolute atomic E-state index is 0.148. The van der Waals surface area contributed by atoms with Crippen molar-refractivity contribution in [2.75, 3.05) is 13.7 Å². The third kappa shape index (κ3) is 3.47. The fourth-order valence-electron chi connectivity index (χ4n) is 3.26. The van der Waals surface area contributed by atoms with E-state index in [1.807, 2.05) is 6.07 Å². The summed E-state index contributed by atoms with van der Waals surface area (Å²) >= 11 is 0. The van der Waals surface area contributed by atoms with Crippen LogP contribution in [-0.4, -0.2) is 19.2 Å². The van der Waals surface area contributed by atoms with Crippen LogP contribution in [0, 0.1) is 11.7 Å². The minimum Gasteiger partial charge on any atom is -0.494 e. The molecule has 0 aliphatic carbocycles. The molecule has 0 aromatic heterocycles. The van der Waals surface area contributed by atoms with Gasteiger partial charge in [-0.05, 0) is 55.8 Å². The van der Waals surface area contributed by atoms with E-state index in [0.717, 1.165) is 24.9 Å². The molecule has 1 aromatic carbocycles. The maximum Gasteiger partial charge on any atom is 0.165 e. The fourth-order valence-corrected chi connectivity index (χ4v) is 3.26. The van der Waals surface area contributed by atoms with Crippen LogP contribution < -0.4 is 10.1 Å². The molecule has 3 heteroatoms. The van der Waals surface area contributed by atoms with E-state index >= 15 is 0 Å². The first kappa shape index (κ1) is 14.3. The molecule has 2 rings (SSSR count). The van der Waals surface area contributed by atoms with Gasteiger partial charge in [-0.25, -0.2) is 4.39 Å². The molecular formula is C16H24FNO. The summed E-state index contributed by atoms with van der Waals surface area (Å²) in [5.41, 5.74) is 1.20. The Morgan fingerprint density at radius 2 is 2.21 bits per heavy atom. The van der Waals surface area contributed by atoms with E-state index in [0.29, 0.717) is 11.7 Å². The Hall–Kier alpha value is -1.09. The highest BCUT2D eigenvalue weighted by Gasteiger charge is 2.34. The number of hydrogen-bond donors (Lipinski definition) is 1. The zero-order valence-corrected chi connectivity index (χ0v) is 12.1. The molecular weight excluding hydrogens is 241 g/mol. The van der Waals surface area contributed by atoms with Crippen molar-refractivity contribution >= 4 is 0 Å². The third-order valence-corrected chi connectivity index (χ3v) is 3.89. The Morgan fingerprint density at radius 1 is 1.42 bits per heavy atom. The zero-order valence-electron chi connectivity index (χ0n) is 12.1. The molecule has 106 valence electrons. The van der Waals surface area contributed by atoms with E-state index < -0.39 is 0 Å². The van der Waals surface area contributed by atoms with Crippen molar-refractivity contribution in [2.24, 2.45) is 5.92 Å².